The number of thiazole rings is 1. The van der Waals surface area contributed by atoms with Crippen LogP contribution in [0.4, 0.5) is 13.2 Å². The molecule has 1 amide bonds. The van der Waals surface area contributed by atoms with Crippen LogP contribution >= 0.6 is 11.3 Å². The number of aryl methyl sites for hydroxylation is 3. The minimum absolute atomic E-state index is 0. The lowest BCUT2D eigenvalue weighted by Crippen LogP contribution is -2.25. The van der Waals surface area contributed by atoms with E-state index in [2.05, 4.69) is 97.8 Å². The van der Waals surface area contributed by atoms with E-state index in [0.717, 1.165) is 58.6 Å². The average Bonchev–Trinajstić information content (AvgIpc) is 1.64. The number of Topliss-reactive ketones (excluding diaryl/α,β-unsaturated/α-hetero) is 9. The summed E-state index contributed by atoms with van der Waals surface area (Å²) in [6.45, 7) is 63.3. The Balaban J connectivity index is 0.000000271. The van der Waals surface area contributed by atoms with E-state index >= 15 is 0 Å². The number of para-hydroxylation sites is 2. The van der Waals surface area contributed by atoms with Crippen LogP contribution < -0.4 is 5.32 Å². The van der Waals surface area contributed by atoms with Crippen LogP contribution in [0.5, 0.6) is 0 Å². The van der Waals surface area contributed by atoms with Gasteiger partial charge in [0, 0.05) is 91.9 Å². The molecule has 11 aromatic rings. The van der Waals surface area contributed by atoms with Crippen LogP contribution in [-0.4, -0.2) is 124 Å². The molecule has 0 bridgehead atoms. The highest BCUT2D eigenvalue weighted by Crippen LogP contribution is 2.43. The van der Waals surface area contributed by atoms with Gasteiger partial charge in [-0.3, -0.25) is 47.9 Å². The molecule has 1 N–H and O–H groups in total. The topological polar surface area (TPSA) is 443 Å². The fraction of sp³-hybridized carbons (Fsp3) is 0.588. The summed E-state index contributed by atoms with van der Waals surface area (Å²) in [6.07, 6.45) is 12.4. The molecular formula is C102H142F3N13O18S. The van der Waals surface area contributed by atoms with Crippen LogP contribution in [0, 0.1) is 74.9 Å². The van der Waals surface area contributed by atoms with Gasteiger partial charge in [0.2, 0.25) is 87.2 Å². The van der Waals surface area contributed by atoms with Crippen molar-refractivity contribution >= 4 is 90.6 Å². The van der Waals surface area contributed by atoms with Crippen molar-refractivity contribution in [1.29, 1.82) is 0 Å². The summed E-state index contributed by atoms with van der Waals surface area (Å²) in [5, 5.41) is 14.3. The number of aromatic nitrogens is 12. The van der Waals surface area contributed by atoms with Crippen molar-refractivity contribution in [2.45, 2.75) is 337 Å². The van der Waals surface area contributed by atoms with Crippen LogP contribution in [0.3, 0.4) is 0 Å². The number of ketones is 9. The second-order valence-corrected chi connectivity index (χ2v) is 45.5. The lowest BCUT2D eigenvalue weighted by Gasteiger charge is -2.15. The Morgan fingerprint density at radius 1 is 0.409 bits per heavy atom. The highest BCUT2D eigenvalue weighted by molar-refractivity contribution is 7.20. The molecule has 15 rings (SSSR count). The number of oxazole rings is 5. The van der Waals surface area contributed by atoms with Crippen LogP contribution in [0.15, 0.2) is 103 Å². The molecule has 0 atom stereocenters. The van der Waals surface area contributed by atoms with Crippen LogP contribution in [0.1, 0.15) is 450 Å². The molecule has 31 nitrogen and oxygen atoms in total. The normalized spacial score (nSPS) is 14.0. The van der Waals surface area contributed by atoms with Gasteiger partial charge in [-0.2, -0.15) is 28.1 Å². The van der Waals surface area contributed by atoms with E-state index in [1.54, 1.807) is 60.1 Å². The monoisotopic (exact) mass is 1930 g/mol. The fourth-order valence-corrected chi connectivity index (χ4v) is 11.9. The molecule has 750 valence electrons. The quantitative estimate of drug-likeness (QED) is 0.0931. The van der Waals surface area contributed by atoms with Gasteiger partial charge in [0.15, 0.2) is 16.4 Å². The number of hydrogen-bond donors (Lipinski definition) is 1. The number of nitrogens with zero attached hydrogens (tertiary/aromatic N) is 12. The zero-order valence-corrected chi connectivity index (χ0v) is 86.3. The fourth-order valence-electron chi connectivity index (χ4n) is 10.8. The molecule has 2 aromatic carbocycles. The number of hydrogen-bond acceptors (Lipinski definition) is 31. The van der Waals surface area contributed by atoms with Crippen molar-refractivity contribution in [3.63, 3.8) is 0 Å². The van der Waals surface area contributed by atoms with Crippen molar-refractivity contribution in [3.8, 4) is 0 Å². The largest absolute Gasteiger partial charge is 0.451 e. The SMILES string of the molecule is C.CC(C)(C)C(=O)c1nc(C2CC2)co1.CC(C)(C)C(=O)c1nc2ccc(C(=O)NC3CC3)cc2s1.CC(C)(C)C(=O)c1nc2ccccc2o1.CC(C)(C)C(=O)c1ncc(C(F)(F)F)o1.CC(C)(C)C(=O)c1ncc(C2CC2)o1.CC(C)(C)C(=O)c1noc(C2CC2)n1.CCCC(C)(C)C.Cc1coc(C(=O)C(C)(C)C)n1.Cc1nc(C(=O)C(C)(C)C)no1.Cc1nc(C(=O)C(C)(C)C)no1. The van der Waals surface area contributed by atoms with Gasteiger partial charge in [0.1, 0.15) is 23.8 Å². The van der Waals surface area contributed by atoms with Gasteiger partial charge in [-0.1, -0.05) is 256 Å². The minimum atomic E-state index is -4.61. The van der Waals surface area contributed by atoms with Crippen LogP contribution in [-0.2, 0) is 6.18 Å². The zero-order valence-electron chi connectivity index (χ0n) is 85.5. The van der Waals surface area contributed by atoms with E-state index < -0.39 is 72.3 Å². The molecule has 4 fully saturated rings. The standard InChI is InChI=1S/C16H18N2O2S.C12H13NO2.2C11H15NO2.C10H14N2O2.C9H10F3NO2.C9H13NO2.2C8H12N2O2.C7H16.CH4/c1-16(2,3)13(19)15-18-11-7-4-9(8-12(11)21-15)14(20)17-10-5-6-10;1-12(2,3)10(14)11-13-8-6-4-5-7-9(8)15-11;1-11(2,3)9(13)10-12-8(6-14-10)7-4-5-7;1-11(2,3)9(13)10-12-6-8(14-10)7-4-5-7;1-10(2,3)7(13)8-11-9(14-12-8)6-4-5-6;1-8(2,3)6(14)7-13-4-5(15-7)9(10,11)12;1-6-5-12-8(10-6)7(11)9(2,3)4;2*1-5-9-7(10-12-5)6(11)8(2,3)4;1-5-6-7(2,3)4;/h4,7-8,10H,5-6H2,1-3H3,(H,17,20);4-7H,1-3H3;2*6-7H,4-5H2,1-3H3;6H,4-5H2,1-3H3;4H,1-3H3;5H,1-4H3;2*1-4H3;5-6H2,1-4H3;1H4. The first-order valence-electron chi connectivity index (χ1n) is 45.5. The number of rotatable bonds is 15. The molecule has 0 saturated heterocycles. The number of benzene rings is 2. The third kappa shape index (κ3) is 37.3. The second-order valence-electron chi connectivity index (χ2n) is 44.5. The average molecular weight is 1930 g/mol. The number of alkyl halides is 3. The highest BCUT2D eigenvalue weighted by atomic mass is 32.1. The smallest absolute Gasteiger partial charge is 0.442 e. The van der Waals surface area contributed by atoms with Crippen molar-refractivity contribution in [2.75, 3.05) is 0 Å². The summed E-state index contributed by atoms with van der Waals surface area (Å²) in [4.78, 5) is 153. The summed E-state index contributed by atoms with van der Waals surface area (Å²) in [5.74, 6) is 2.53. The number of carbonyl (C=O) groups excluding carboxylic acids is 10. The third-order valence-corrected chi connectivity index (χ3v) is 20.6. The lowest BCUT2D eigenvalue weighted by molar-refractivity contribution is -0.153. The van der Waals surface area contributed by atoms with E-state index in [4.69, 9.17) is 31.2 Å². The Morgan fingerprint density at radius 3 is 1.21 bits per heavy atom. The summed E-state index contributed by atoms with van der Waals surface area (Å²) in [7, 11) is 0. The molecule has 4 saturated carbocycles. The van der Waals surface area contributed by atoms with E-state index in [1.807, 2.05) is 203 Å². The first kappa shape index (κ1) is 116. The Morgan fingerprint density at radius 2 is 0.825 bits per heavy atom. The van der Waals surface area contributed by atoms with Gasteiger partial charge in [-0.25, -0.2) is 29.9 Å². The van der Waals surface area contributed by atoms with Gasteiger partial charge in [-0.05, 0) is 100 Å². The molecule has 0 spiro atoms. The van der Waals surface area contributed by atoms with Crippen LogP contribution in [0.25, 0.3) is 21.3 Å². The van der Waals surface area contributed by atoms with Gasteiger partial charge >= 0.3 is 6.18 Å². The number of nitrogens with one attached hydrogen (secondary N) is 1. The molecule has 4 aliphatic rings. The van der Waals surface area contributed by atoms with E-state index in [0.29, 0.717) is 69.2 Å². The third-order valence-electron chi connectivity index (χ3n) is 19.6. The molecule has 9 aromatic heterocycles. The van der Waals surface area contributed by atoms with Crippen molar-refractivity contribution < 1.29 is 96.8 Å². The molecule has 9 heterocycles. The summed E-state index contributed by atoms with van der Waals surface area (Å²) in [6, 6.07) is 13.1. The first-order chi connectivity index (χ1) is 62.2. The van der Waals surface area contributed by atoms with Crippen molar-refractivity contribution in [2.24, 2.45) is 54.1 Å². The van der Waals surface area contributed by atoms with E-state index in [-0.39, 0.29) is 101 Å². The van der Waals surface area contributed by atoms with Gasteiger partial charge in [-0.15, -0.1) is 11.3 Å². The van der Waals surface area contributed by atoms with Crippen molar-refractivity contribution in [1.82, 2.24) is 65.6 Å². The molecule has 137 heavy (non-hydrogen) atoms. The molecular weight excluding hydrogens is 1780 g/mol. The molecule has 4 aliphatic carbocycles. The Kier molecular flexibility index (Phi) is 39.1. The lowest BCUT2D eigenvalue weighted by atomic mass is 9.90. The number of amides is 1. The maximum atomic E-state index is 12.3. The van der Waals surface area contributed by atoms with E-state index in [9.17, 15) is 61.1 Å². The summed E-state index contributed by atoms with van der Waals surface area (Å²) >= 11 is 1.36. The zero-order chi connectivity index (χ0) is 103. The first-order valence-corrected chi connectivity index (χ1v) is 46.3. The second kappa shape index (κ2) is 46.2. The number of carbonyl (C=O) groups is 10. The summed E-state index contributed by atoms with van der Waals surface area (Å²) in [5.41, 5.74) is 0.730. The molecule has 0 unspecified atom stereocenters. The predicted octanol–water partition coefficient (Wildman–Crippen LogP) is 26.0. The number of halogens is 3. The summed E-state index contributed by atoms with van der Waals surface area (Å²) < 4.78 is 77.0. The van der Waals surface area contributed by atoms with Gasteiger partial charge < -0.3 is 41.0 Å². The molecule has 0 radical (unpaired) electrons. The Hall–Kier alpha value is -11.7. The minimum Gasteiger partial charge on any atom is -0.442 e. The molecule has 35 heteroatoms. The van der Waals surface area contributed by atoms with E-state index in [1.165, 1.54) is 56.1 Å². The van der Waals surface area contributed by atoms with Crippen molar-refractivity contribution in [3.05, 3.63) is 165 Å². The maximum absolute atomic E-state index is 12.3. The Labute approximate surface area is 805 Å². The highest BCUT2D eigenvalue weighted by Gasteiger charge is 2.41. The van der Waals surface area contributed by atoms with Gasteiger partial charge in [0.25, 0.3) is 35.4 Å². The van der Waals surface area contributed by atoms with Gasteiger partial charge in [0.05, 0.1) is 34.0 Å². The maximum Gasteiger partial charge on any atom is 0.451 e. The van der Waals surface area contributed by atoms with Crippen LogP contribution in [0.2, 0.25) is 0 Å². The number of fused-ring (bicyclic) bond motifs is 2. The molecule has 0 aliphatic heterocycles. The Bertz CT molecular complexity index is 5560. The predicted molar refractivity (Wildman–Crippen MR) is 513 cm³/mol.